The summed E-state index contributed by atoms with van der Waals surface area (Å²) in [6.45, 7) is 9.19. The van der Waals surface area contributed by atoms with Gasteiger partial charge in [0, 0.05) is 39.7 Å². The second kappa shape index (κ2) is 11.7. The molecule has 0 spiro atoms. The molecular formula is C18H36N4O2. The van der Waals surface area contributed by atoms with Gasteiger partial charge in [-0.05, 0) is 51.7 Å². The van der Waals surface area contributed by atoms with Gasteiger partial charge in [0.15, 0.2) is 5.96 Å². The molecule has 0 amide bonds. The van der Waals surface area contributed by atoms with E-state index in [1.54, 1.807) is 7.11 Å². The van der Waals surface area contributed by atoms with Crippen molar-refractivity contribution in [3.05, 3.63) is 0 Å². The smallest absolute Gasteiger partial charge is 0.193 e. The summed E-state index contributed by atoms with van der Waals surface area (Å²) in [5.41, 5.74) is 0. The summed E-state index contributed by atoms with van der Waals surface area (Å²) in [7, 11) is 3.59. The fourth-order valence-corrected chi connectivity index (χ4v) is 3.55. The van der Waals surface area contributed by atoms with E-state index in [1.165, 1.54) is 51.7 Å². The molecule has 2 aliphatic rings. The van der Waals surface area contributed by atoms with Crippen LogP contribution in [0.25, 0.3) is 0 Å². The van der Waals surface area contributed by atoms with Crippen LogP contribution in [0.2, 0.25) is 0 Å². The second-order valence-corrected chi connectivity index (χ2v) is 6.90. The fourth-order valence-electron chi connectivity index (χ4n) is 3.55. The van der Waals surface area contributed by atoms with Gasteiger partial charge in [-0.1, -0.05) is 0 Å². The van der Waals surface area contributed by atoms with Gasteiger partial charge in [-0.2, -0.15) is 0 Å². The van der Waals surface area contributed by atoms with E-state index in [0.717, 1.165) is 32.2 Å². The highest BCUT2D eigenvalue weighted by Gasteiger charge is 2.24. The third-order valence-corrected chi connectivity index (χ3v) is 4.97. The highest BCUT2D eigenvalue weighted by Crippen LogP contribution is 2.16. The van der Waals surface area contributed by atoms with Gasteiger partial charge in [-0.3, -0.25) is 4.99 Å². The van der Waals surface area contributed by atoms with E-state index in [0.29, 0.717) is 19.1 Å². The molecule has 0 bridgehead atoms. The normalized spacial score (nSPS) is 22.5. The topological polar surface area (TPSA) is 49.3 Å². The molecule has 0 aliphatic carbocycles. The first-order chi connectivity index (χ1) is 11.8. The van der Waals surface area contributed by atoms with Gasteiger partial charge >= 0.3 is 0 Å². The van der Waals surface area contributed by atoms with Crippen molar-refractivity contribution in [2.75, 3.05) is 73.2 Å². The zero-order chi connectivity index (χ0) is 17.0. The van der Waals surface area contributed by atoms with Crippen molar-refractivity contribution in [3.8, 4) is 0 Å². The van der Waals surface area contributed by atoms with Gasteiger partial charge in [0.05, 0.1) is 19.8 Å². The molecule has 2 saturated heterocycles. The summed E-state index contributed by atoms with van der Waals surface area (Å²) >= 11 is 0. The molecule has 2 aliphatic heterocycles. The van der Waals surface area contributed by atoms with Gasteiger partial charge in [-0.15, -0.1) is 0 Å². The Kier molecular flexibility index (Phi) is 9.46. The van der Waals surface area contributed by atoms with Crippen LogP contribution < -0.4 is 5.32 Å². The van der Waals surface area contributed by atoms with Crippen LogP contribution in [-0.2, 0) is 9.47 Å². The van der Waals surface area contributed by atoms with Crippen molar-refractivity contribution in [1.29, 1.82) is 0 Å². The second-order valence-electron chi connectivity index (χ2n) is 6.90. The van der Waals surface area contributed by atoms with Crippen LogP contribution >= 0.6 is 0 Å². The first-order valence-corrected chi connectivity index (χ1v) is 9.58. The zero-order valence-electron chi connectivity index (χ0n) is 15.6. The number of methoxy groups -OCH3 is 1. The SMILES string of the molecule is CN=C(NCCCCN1CCCC1)N1CCC(COCCOC)C1. The third kappa shape index (κ3) is 6.95. The number of hydrogen-bond acceptors (Lipinski definition) is 4. The number of nitrogens with zero attached hydrogens (tertiary/aromatic N) is 3. The van der Waals surface area contributed by atoms with E-state index >= 15 is 0 Å². The molecule has 0 saturated carbocycles. The van der Waals surface area contributed by atoms with Crippen LogP contribution in [0.15, 0.2) is 4.99 Å². The number of nitrogens with one attached hydrogen (secondary N) is 1. The Labute approximate surface area is 147 Å². The van der Waals surface area contributed by atoms with E-state index in [1.807, 2.05) is 7.05 Å². The van der Waals surface area contributed by atoms with Crippen molar-refractivity contribution in [2.24, 2.45) is 10.9 Å². The van der Waals surface area contributed by atoms with Crippen molar-refractivity contribution in [3.63, 3.8) is 0 Å². The molecule has 1 unspecified atom stereocenters. The minimum Gasteiger partial charge on any atom is -0.382 e. The van der Waals surface area contributed by atoms with Gasteiger partial charge in [-0.25, -0.2) is 0 Å². The van der Waals surface area contributed by atoms with Gasteiger partial charge < -0.3 is 24.6 Å². The first-order valence-electron chi connectivity index (χ1n) is 9.58. The van der Waals surface area contributed by atoms with Crippen molar-refractivity contribution in [2.45, 2.75) is 32.1 Å². The summed E-state index contributed by atoms with van der Waals surface area (Å²) < 4.78 is 10.7. The number of likely N-dealkylation sites (tertiary alicyclic amines) is 2. The number of aliphatic imine (C=N–C) groups is 1. The zero-order valence-corrected chi connectivity index (χ0v) is 15.6. The monoisotopic (exact) mass is 340 g/mol. The molecule has 2 fully saturated rings. The summed E-state index contributed by atoms with van der Waals surface area (Å²) in [5, 5.41) is 3.53. The fraction of sp³-hybridized carbons (Fsp3) is 0.944. The first kappa shape index (κ1) is 19.5. The quantitative estimate of drug-likeness (QED) is 0.370. The molecule has 0 aromatic rings. The van der Waals surface area contributed by atoms with Crippen LogP contribution in [-0.4, -0.2) is 89.0 Å². The molecule has 0 aromatic heterocycles. The van der Waals surface area contributed by atoms with E-state index in [2.05, 4.69) is 20.1 Å². The van der Waals surface area contributed by atoms with Crippen molar-refractivity contribution in [1.82, 2.24) is 15.1 Å². The van der Waals surface area contributed by atoms with E-state index in [-0.39, 0.29) is 0 Å². The predicted octanol–water partition coefficient (Wildman–Crippen LogP) is 1.42. The lowest BCUT2D eigenvalue weighted by Gasteiger charge is -2.22. The number of hydrogen-bond donors (Lipinski definition) is 1. The lowest BCUT2D eigenvalue weighted by Crippen LogP contribution is -2.40. The Morgan fingerprint density at radius 1 is 1.17 bits per heavy atom. The standard InChI is InChI=1S/C18H36N4O2/c1-19-18(20-8-3-4-9-21-10-5-6-11-21)22-12-7-17(15-22)16-24-14-13-23-2/h17H,3-16H2,1-2H3,(H,19,20). The van der Waals surface area contributed by atoms with Crippen LogP contribution in [0, 0.1) is 5.92 Å². The maximum Gasteiger partial charge on any atom is 0.193 e. The molecule has 2 heterocycles. The molecule has 2 rings (SSSR count). The number of rotatable bonds is 10. The number of ether oxygens (including phenoxy) is 2. The summed E-state index contributed by atoms with van der Waals surface area (Å²) in [5.74, 6) is 1.66. The third-order valence-electron chi connectivity index (χ3n) is 4.97. The molecule has 6 heteroatoms. The average molecular weight is 341 g/mol. The largest absolute Gasteiger partial charge is 0.382 e. The van der Waals surface area contributed by atoms with E-state index < -0.39 is 0 Å². The lowest BCUT2D eigenvalue weighted by atomic mass is 10.1. The molecule has 1 atom stereocenters. The minimum absolute atomic E-state index is 0.607. The van der Waals surface area contributed by atoms with Crippen LogP contribution in [0.1, 0.15) is 32.1 Å². The molecule has 6 nitrogen and oxygen atoms in total. The van der Waals surface area contributed by atoms with Gasteiger partial charge in [0.25, 0.3) is 0 Å². The Bertz CT molecular complexity index is 359. The minimum atomic E-state index is 0.607. The van der Waals surface area contributed by atoms with E-state index in [4.69, 9.17) is 9.47 Å². The van der Waals surface area contributed by atoms with Crippen LogP contribution in [0.3, 0.4) is 0 Å². The van der Waals surface area contributed by atoms with Crippen LogP contribution in [0.4, 0.5) is 0 Å². The maximum absolute atomic E-state index is 5.66. The number of guanidine groups is 1. The summed E-state index contributed by atoms with van der Waals surface area (Å²) in [6.07, 6.45) is 6.45. The highest BCUT2D eigenvalue weighted by atomic mass is 16.5. The maximum atomic E-state index is 5.66. The van der Waals surface area contributed by atoms with Crippen LogP contribution in [0.5, 0.6) is 0 Å². The Morgan fingerprint density at radius 2 is 2.00 bits per heavy atom. The lowest BCUT2D eigenvalue weighted by molar-refractivity contribution is 0.0536. The Balaban J connectivity index is 1.54. The average Bonchev–Trinajstić information content (AvgIpc) is 3.27. The Hall–Kier alpha value is -0.850. The molecule has 140 valence electrons. The van der Waals surface area contributed by atoms with Gasteiger partial charge in [0.2, 0.25) is 0 Å². The van der Waals surface area contributed by atoms with Crippen molar-refractivity contribution < 1.29 is 9.47 Å². The molecule has 0 aromatic carbocycles. The van der Waals surface area contributed by atoms with E-state index in [9.17, 15) is 0 Å². The van der Waals surface area contributed by atoms with Crippen molar-refractivity contribution >= 4 is 5.96 Å². The Morgan fingerprint density at radius 3 is 2.75 bits per heavy atom. The summed E-state index contributed by atoms with van der Waals surface area (Å²) in [4.78, 5) is 9.40. The molecule has 1 N–H and O–H groups in total. The predicted molar refractivity (Wildman–Crippen MR) is 98.6 cm³/mol. The highest BCUT2D eigenvalue weighted by molar-refractivity contribution is 5.80. The molecule has 24 heavy (non-hydrogen) atoms. The van der Waals surface area contributed by atoms with Gasteiger partial charge in [0.1, 0.15) is 0 Å². The number of unbranched alkanes of at least 4 members (excludes halogenated alkanes) is 1. The summed E-state index contributed by atoms with van der Waals surface area (Å²) in [6, 6.07) is 0. The molecular weight excluding hydrogens is 304 g/mol. The molecule has 0 radical (unpaired) electrons.